The van der Waals surface area contributed by atoms with Crippen LogP contribution in [0, 0.1) is 0 Å². The van der Waals surface area contributed by atoms with Gasteiger partial charge in [0.15, 0.2) is 0 Å². The fraction of sp³-hybridized carbons (Fsp3) is 0.462. The van der Waals surface area contributed by atoms with Gasteiger partial charge in [-0.25, -0.2) is 8.42 Å². The first kappa shape index (κ1) is 15.5. The average molecular weight is 284 g/mol. The van der Waals surface area contributed by atoms with Gasteiger partial charge in [0.1, 0.15) is 9.84 Å². The number of hydrogen-bond donors (Lipinski definition) is 2. The van der Waals surface area contributed by atoms with E-state index in [0.717, 1.165) is 12.2 Å². The molecular formula is C13H20N2O3S. The van der Waals surface area contributed by atoms with Crippen LogP contribution in [-0.2, 0) is 9.84 Å². The van der Waals surface area contributed by atoms with Crippen molar-refractivity contribution in [1.29, 1.82) is 0 Å². The van der Waals surface area contributed by atoms with Gasteiger partial charge in [-0.1, -0.05) is 0 Å². The van der Waals surface area contributed by atoms with E-state index in [-0.39, 0.29) is 11.7 Å². The first-order chi connectivity index (χ1) is 8.92. The Morgan fingerprint density at radius 2 is 1.84 bits per heavy atom. The van der Waals surface area contributed by atoms with Gasteiger partial charge in [0.2, 0.25) is 0 Å². The highest BCUT2D eigenvalue weighted by Crippen LogP contribution is 2.08. The van der Waals surface area contributed by atoms with Crippen LogP contribution < -0.4 is 10.6 Å². The maximum atomic E-state index is 11.8. The highest BCUT2D eigenvalue weighted by atomic mass is 32.2. The van der Waals surface area contributed by atoms with E-state index in [0.29, 0.717) is 18.5 Å². The Morgan fingerprint density at radius 1 is 1.21 bits per heavy atom. The summed E-state index contributed by atoms with van der Waals surface area (Å²) in [5, 5.41) is 5.84. The van der Waals surface area contributed by atoms with Crippen molar-refractivity contribution in [3.05, 3.63) is 29.8 Å². The molecule has 1 amide bonds. The number of carbonyl (C=O) groups excluding carboxylic acids is 1. The molecule has 0 saturated heterocycles. The maximum absolute atomic E-state index is 11.8. The number of rotatable bonds is 7. The van der Waals surface area contributed by atoms with Gasteiger partial charge >= 0.3 is 0 Å². The number of nitrogens with one attached hydrogen (secondary N) is 2. The zero-order valence-corrected chi connectivity index (χ0v) is 12.1. The van der Waals surface area contributed by atoms with Gasteiger partial charge in [0.05, 0.1) is 5.75 Å². The predicted molar refractivity (Wildman–Crippen MR) is 77.3 cm³/mol. The summed E-state index contributed by atoms with van der Waals surface area (Å²) in [5.41, 5.74) is 1.54. The largest absolute Gasteiger partial charge is 0.385 e. The third-order valence-corrected chi connectivity index (χ3v) is 3.54. The molecule has 5 nitrogen and oxygen atoms in total. The molecule has 6 heteroatoms. The first-order valence-electron chi connectivity index (χ1n) is 6.22. The Hall–Kier alpha value is -1.56. The smallest absolute Gasteiger partial charge is 0.251 e. The molecule has 0 aliphatic carbocycles. The highest BCUT2D eigenvalue weighted by molar-refractivity contribution is 7.90. The fourth-order valence-electron chi connectivity index (χ4n) is 1.58. The minimum Gasteiger partial charge on any atom is -0.385 e. The van der Waals surface area contributed by atoms with E-state index in [2.05, 4.69) is 10.6 Å². The van der Waals surface area contributed by atoms with Crippen molar-refractivity contribution in [1.82, 2.24) is 5.32 Å². The Bertz CT molecular complexity index is 509. The van der Waals surface area contributed by atoms with Crippen molar-refractivity contribution in [3.8, 4) is 0 Å². The lowest BCUT2D eigenvalue weighted by atomic mass is 10.2. The maximum Gasteiger partial charge on any atom is 0.251 e. The minimum absolute atomic E-state index is 0.0899. The Morgan fingerprint density at radius 3 is 2.37 bits per heavy atom. The SMILES string of the molecule is CCNc1ccc(C(=O)NCCCS(C)(=O)=O)cc1. The minimum atomic E-state index is -2.96. The van der Waals surface area contributed by atoms with Crippen LogP contribution in [0.25, 0.3) is 0 Å². The molecule has 2 N–H and O–H groups in total. The van der Waals surface area contributed by atoms with E-state index >= 15 is 0 Å². The van der Waals surface area contributed by atoms with Crippen LogP contribution >= 0.6 is 0 Å². The Kier molecular flexibility index (Phi) is 5.82. The molecule has 0 radical (unpaired) electrons. The molecule has 106 valence electrons. The molecule has 0 heterocycles. The van der Waals surface area contributed by atoms with Gasteiger partial charge in [-0.3, -0.25) is 4.79 Å². The molecule has 0 bridgehead atoms. The third-order valence-electron chi connectivity index (χ3n) is 2.51. The van der Waals surface area contributed by atoms with Crippen LogP contribution in [0.15, 0.2) is 24.3 Å². The van der Waals surface area contributed by atoms with Crippen LogP contribution in [0.4, 0.5) is 5.69 Å². The molecule has 0 atom stereocenters. The summed E-state index contributed by atoms with van der Waals surface area (Å²) < 4.78 is 21.9. The lowest BCUT2D eigenvalue weighted by Gasteiger charge is -2.06. The van der Waals surface area contributed by atoms with Gasteiger partial charge in [0.25, 0.3) is 5.91 Å². The summed E-state index contributed by atoms with van der Waals surface area (Å²) in [6.07, 6.45) is 1.62. The summed E-state index contributed by atoms with van der Waals surface area (Å²) in [6.45, 7) is 3.19. The Balaban J connectivity index is 2.41. The fourth-order valence-corrected chi connectivity index (χ4v) is 2.25. The highest BCUT2D eigenvalue weighted by Gasteiger charge is 2.06. The van der Waals surface area contributed by atoms with Crippen molar-refractivity contribution in [3.63, 3.8) is 0 Å². The van der Waals surface area contributed by atoms with E-state index in [1.54, 1.807) is 12.1 Å². The van der Waals surface area contributed by atoms with Gasteiger partial charge in [-0.05, 0) is 37.6 Å². The zero-order valence-electron chi connectivity index (χ0n) is 11.3. The number of hydrogen-bond acceptors (Lipinski definition) is 4. The topological polar surface area (TPSA) is 75.3 Å². The van der Waals surface area contributed by atoms with Crippen molar-refractivity contribution < 1.29 is 13.2 Å². The summed E-state index contributed by atoms with van der Waals surface area (Å²) in [4.78, 5) is 11.8. The van der Waals surface area contributed by atoms with Crippen molar-refractivity contribution >= 4 is 21.4 Å². The van der Waals surface area contributed by atoms with E-state index in [9.17, 15) is 13.2 Å². The van der Waals surface area contributed by atoms with Crippen molar-refractivity contribution in [2.45, 2.75) is 13.3 Å². The molecular weight excluding hydrogens is 264 g/mol. The van der Waals surface area contributed by atoms with Crippen molar-refractivity contribution in [2.75, 3.05) is 30.4 Å². The normalized spacial score (nSPS) is 11.1. The molecule has 0 aliphatic rings. The number of benzene rings is 1. The van der Waals surface area contributed by atoms with E-state index in [1.165, 1.54) is 6.26 Å². The molecule has 0 fully saturated rings. The number of carbonyl (C=O) groups is 1. The summed E-state index contributed by atoms with van der Waals surface area (Å²) >= 11 is 0. The standard InChI is InChI=1S/C13H20N2O3S/c1-3-14-12-7-5-11(6-8-12)13(16)15-9-4-10-19(2,17)18/h5-8,14H,3-4,9-10H2,1-2H3,(H,15,16). The summed E-state index contributed by atoms with van der Waals surface area (Å²) in [7, 11) is -2.96. The van der Waals surface area contributed by atoms with Gasteiger partial charge in [-0.2, -0.15) is 0 Å². The van der Waals surface area contributed by atoms with E-state index in [4.69, 9.17) is 0 Å². The number of sulfone groups is 1. The quantitative estimate of drug-likeness (QED) is 0.740. The van der Waals surface area contributed by atoms with E-state index < -0.39 is 9.84 Å². The Labute approximate surface area is 114 Å². The molecule has 19 heavy (non-hydrogen) atoms. The van der Waals surface area contributed by atoms with Crippen LogP contribution in [0.3, 0.4) is 0 Å². The molecule has 0 aromatic heterocycles. The second-order valence-electron chi connectivity index (χ2n) is 4.35. The van der Waals surface area contributed by atoms with Crippen LogP contribution in [0.1, 0.15) is 23.7 Å². The molecule has 0 aliphatic heterocycles. The van der Waals surface area contributed by atoms with Crippen molar-refractivity contribution in [2.24, 2.45) is 0 Å². The van der Waals surface area contributed by atoms with Gasteiger partial charge < -0.3 is 10.6 Å². The second-order valence-corrected chi connectivity index (χ2v) is 6.61. The van der Waals surface area contributed by atoms with Gasteiger partial charge in [0, 0.05) is 30.6 Å². The summed E-state index contributed by atoms with van der Waals surface area (Å²) in [6, 6.07) is 7.16. The molecule has 0 saturated carbocycles. The monoisotopic (exact) mass is 284 g/mol. The second kappa shape index (κ2) is 7.13. The van der Waals surface area contributed by atoms with Gasteiger partial charge in [-0.15, -0.1) is 0 Å². The number of amides is 1. The lowest BCUT2D eigenvalue weighted by Crippen LogP contribution is -2.25. The first-order valence-corrected chi connectivity index (χ1v) is 8.28. The molecule has 1 aromatic rings. The van der Waals surface area contributed by atoms with Crippen LogP contribution in [-0.4, -0.2) is 39.4 Å². The molecule has 0 unspecified atom stereocenters. The lowest BCUT2D eigenvalue weighted by molar-refractivity contribution is 0.0953. The number of anilines is 1. The predicted octanol–water partition coefficient (Wildman–Crippen LogP) is 1.28. The van der Waals surface area contributed by atoms with Crippen LogP contribution in [0.5, 0.6) is 0 Å². The third kappa shape index (κ3) is 6.24. The van der Waals surface area contributed by atoms with E-state index in [1.807, 2.05) is 19.1 Å². The van der Waals surface area contributed by atoms with Crippen LogP contribution in [0.2, 0.25) is 0 Å². The average Bonchev–Trinajstić information content (AvgIpc) is 2.34. The molecule has 1 aromatic carbocycles. The molecule has 1 rings (SSSR count). The molecule has 0 spiro atoms. The summed E-state index contributed by atoms with van der Waals surface area (Å²) in [5.74, 6) is -0.0938. The zero-order chi connectivity index (χ0) is 14.3.